The van der Waals surface area contributed by atoms with E-state index in [1.54, 1.807) is 7.11 Å². The molecule has 0 unspecified atom stereocenters. The number of ether oxygens (including phenoxy) is 1. The minimum atomic E-state index is 0.684. The van der Waals surface area contributed by atoms with Crippen molar-refractivity contribution in [1.82, 2.24) is 4.98 Å². The van der Waals surface area contributed by atoms with Crippen molar-refractivity contribution in [3.05, 3.63) is 35.5 Å². The van der Waals surface area contributed by atoms with Gasteiger partial charge >= 0.3 is 0 Å². The first-order chi connectivity index (χ1) is 8.78. The van der Waals surface area contributed by atoms with Gasteiger partial charge in [-0.15, -0.1) is 0 Å². The highest BCUT2D eigenvalue weighted by atomic mass is 16.5. The number of methoxy groups -OCH3 is 1. The maximum atomic E-state index is 11.1. The van der Waals surface area contributed by atoms with Gasteiger partial charge in [-0.2, -0.15) is 0 Å². The molecule has 0 N–H and O–H groups in total. The summed E-state index contributed by atoms with van der Waals surface area (Å²) in [6.07, 6.45) is 3.89. The lowest BCUT2D eigenvalue weighted by molar-refractivity contribution is 0.112. The van der Waals surface area contributed by atoms with Gasteiger partial charge in [0.05, 0.1) is 18.3 Å². The van der Waals surface area contributed by atoms with Crippen LogP contribution in [0.1, 0.15) is 35.8 Å². The van der Waals surface area contributed by atoms with Gasteiger partial charge in [0.1, 0.15) is 5.75 Å². The number of hydrogen-bond acceptors (Lipinski definition) is 3. The van der Waals surface area contributed by atoms with Crippen molar-refractivity contribution in [3.63, 3.8) is 0 Å². The Hall–Kier alpha value is -1.90. The summed E-state index contributed by atoms with van der Waals surface area (Å²) in [4.78, 5) is 15.7. The van der Waals surface area contributed by atoms with Crippen LogP contribution in [-0.2, 0) is 6.42 Å². The first kappa shape index (κ1) is 12.6. The van der Waals surface area contributed by atoms with Crippen molar-refractivity contribution < 1.29 is 9.53 Å². The molecule has 0 saturated heterocycles. The first-order valence-electron chi connectivity index (χ1n) is 6.21. The molecule has 3 nitrogen and oxygen atoms in total. The van der Waals surface area contributed by atoms with E-state index in [0.29, 0.717) is 5.56 Å². The predicted molar refractivity (Wildman–Crippen MR) is 72.3 cm³/mol. The largest absolute Gasteiger partial charge is 0.497 e. The normalized spacial score (nSPS) is 10.6. The van der Waals surface area contributed by atoms with Gasteiger partial charge in [-0.3, -0.25) is 9.78 Å². The van der Waals surface area contributed by atoms with E-state index < -0.39 is 0 Å². The van der Waals surface area contributed by atoms with E-state index in [0.717, 1.165) is 47.9 Å². The number of benzene rings is 1. The average molecular weight is 243 g/mol. The van der Waals surface area contributed by atoms with Crippen LogP contribution in [0.15, 0.2) is 24.3 Å². The molecular formula is C15H17NO2. The third kappa shape index (κ3) is 2.50. The number of hydrogen-bond donors (Lipinski definition) is 0. The number of rotatable bonds is 5. The summed E-state index contributed by atoms with van der Waals surface area (Å²) in [5.74, 6) is 0.780. The van der Waals surface area contributed by atoms with E-state index in [9.17, 15) is 4.79 Å². The van der Waals surface area contributed by atoms with E-state index in [1.807, 2.05) is 24.3 Å². The predicted octanol–water partition coefficient (Wildman–Crippen LogP) is 3.40. The second-order valence-electron chi connectivity index (χ2n) is 4.30. The van der Waals surface area contributed by atoms with Gasteiger partial charge in [-0.1, -0.05) is 13.3 Å². The van der Waals surface area contributed by atoms with Crippen molar-refractivity contribution in [2.75, 3.05) is 7.11 Å². The molecule has 0 radical (unpaired) electrons. The van der Waals surface area contributed by atoms with Gasteiger partial charge < -0.3 is 4.74 Å². The van der Waals surface area contributed by atoms with E-state index >= 15 is 0 Å². The molecule has 0 aliphatic heterocycles. The van der Waals surface area contributed by atoms with Gasteiger partial charge in [-0.25, -0.2) is 0 Å². The highest BCUT2D eigenvalue weighted by molar-refractivity contribution is 5.88. The Morgan fingerprint density at radius 1 is 1.33 bits per heavy atom. The number of pyridine rings is 1. The minimum absolute atomic E-state index is 0.684. The number of carbonyl (C=O) groups excluding carboxylic acids is 1. The molecule has 18 heavy (non-hydrogen) atoms. The van der Waals surface area contributed by atoms with Crippen LogP contribution >= 0.6 is 0 Å². The molecule has 0 atom stereocenters. The lowest BCUT2D eigenvalue weighted by Crippen LogP contribution is -1.98. The van der Waals surface area contributed by atoms with Crippen LogP contribution in [0.3, 0.4) is 0 Å². The van der Waals surface area contributed by atoms with E-state index in [4.69, 9.17) is 4.74 Å². The zero-order valence-electron chi connectivity index (χ0n) is 10.8. The average Bonchev–Trinajstić information content (AvgIpc) is 2.43. The number of nitrogens with zero attached hydrogens (tertiary/aromatic N) is 1. The third-order valence-corrected chi connectivity index (χ3v) is 3.03. The molecule has 0 saturated carbocycles. The molecule has 1 aromatic carbocycles. The Morgan fingerprint density at radius 3 is 2.83 bits per heavy atom. The number of fused-ring (bicyclic) bond motifs is 1. The molecule has 2 rings (SSSR count). The lowest BCUT2D eigenvalue weighted by atomic mass is 10.1. The number of unbranched alkanes of at least 4 members (excludes halogenated alkanes) is 1. The van der Waals surface area contributed by atoms with Gasteiger partial charge in [0.2, 0.25) is 0 Å². The van der Waals surface area contributed by atoms with Crippen LogP contribution in [0.5, 0.6) is 5.75 Å². The molecule has 0 fully saturated rings. The summed E-state index contributed by atoms with van der Waals surface area (Å²) in [6.45, 7) is 2.13. The maximum Gasteiger partial charge on any atom is 0.151 e. The zero-order valence-corrected chi connectivity index (χ0v) is 10.8. The van der Waals surface area contributed by atoms with Crippen LogP contribution in [-0.4, -0.2) is 18.4 Å². The van der Waals surface area contributed by atoms with Gasteiger partial charge in [-0.05, 0) is 37.1 Å². The quantitative estimate of drug-likeness (QED) is 0.755. The molecule has 94 valence electrons. The Bertz CT molecular complexity index is 564. The molecule has 0 bridgehead atoms. The summed E-state index contributed by atoms with van der Waals surface area (Å²) in [7, 11) is 1.63. The van der Waals surface area contributed by atoms with E-state index in [1.165, 1.54) is 0 Å². The summed E-state index contributed by atoms with van der Waals surface area (Å²) in [6, 6.07) is 7.61. The topological polar surface area (TPSA) is 39.2 Å². The molecule has 2 aromatic rings. The first-order valence-corrected chi connectivity index (χ1v) is 6.21. The monoisotopic (exact) mass is 243 g/mol. The number of aldehydes is 1. The van der Waals surface area contributed by atoms with Crippen LogP contribution in [0.4, 0.5) is 0 Å². The summed E-state index contributed by atoms with van der Waals surface area (Å²) < 4.78 is 5.17. The molecule has 0 aliphatic rings. The van der Waals surface area contributed by atoms with E-state index in [-0.39, 0.29) is 0 Å². The lowest BCUT2D eigenvalue weighted by Gasteiger charge is -2.07. The van der Waals surface area contributed by atoms with Gasteiger partial charge in [0.15, 0.2) is 6.29 Å². The van der Waals surface area contributed by atoms with Crippen LogP contribution in [0.2, 0.25) is 0 Å². The fourth-order valence-corrected chi connectivity index (χ4v) is 1.98. The number of carbonyl (C=O) groups is 1. The summed E-state index contributed by atoms with van der Waals surface area (Å²) in [5, 5.41) is 0.941. The van der Waals surface area contributed by atoms with Crippen LogP contribution in [0.25, 0.3) is 10.9 Å². The van der Waals surface area contributed by atoms with Crippen molar-refractivity contribution in [3.8, 4) is 5.75 Å². The molecule has 1 heterocycles. The Balaban J connectivity index is 2.50. The maximum absolute atomic E-state index is 11.1. The Kier molecular flexibility index (Phi) is 3.92. The van der Waals surface area contributed by atoms with Crippen molar-refractivity contribution in [1.29, 1.82) is 0 Å². The molecule has 0 spiro atoms. The molecule has 0 amide bonds. The number of aryl methyl sites for hydroxylation is 1. The van der Waals surface area contributed by atoms with E-state index in [2.05, 4.69) is 11.9 Å². The number of aromatic nitrogens is 1. The molecule has 0 aliphatic carbocycles. The summed E-state index contributed by atoms with van der Waals surface area (Å²) in [5.41, 5.74) is 2.49. The van der Waals surface area contributed by atoms with Gasteiger partial charge in [0, 0.05) is 10.9 Å². The van der Waals surface area contributed by atoms with Crippen molar-refractivity contribution in [2.24, 2.45) is 0 Å². The fourth-order valence-electron chi connectivity index (χ4n) is 1.98. The fraction of sp³-hybridized carbons (Fsp3) is 0.333. The highest BCUT2D eigenvalue weighted by Gasteiger charge is 2.06. The second-order valence-corrected chi connectivity index (χ2v) is 4.30. The second kappa shape index (κ2) is 5.63. The third-order valence-electron chi connectivity index (χ3n) is 3.03. The van der Waals surface area contributed by atoms with Crippen LogP contribution < -0.4 is 4.74 Å². The van der Waals surface area contributed by atoms with Crippen molar-refractivity contribution >= 4 is 17.2 Å². The zero-order chi connectivity index (χ0) is 13.0. The SMILES string of the molecule is CCCCc1nc2ccc(OC)cc2cc1C=O. The standard InChI is InChI=1S/C15H17NO2/c1-3-4-5-14-12(10-17)8-11-9-13(18-2)6-7-15(11)16-14/h6-10H,3-5H2,1-2H3. The molecule has 3 heteroatoms. The highest BCUT2D eigenvalue weighted by Crippen LogP contribution is 2.22. The Labute approximate surface area is 107 Å². The van der Waals surface area contributed by atoms with Crippen molar-refractivity contribution in [2.45, 2.75) is 26.2 Å². The minimum Gasteiger partial charge on any atom is -0.497 e. The molecule has 1 aromatic heterocycles. The molecular weight excluding hydrogens is 226 g/mol. The Morgan fingerprint density at radius 2 is 2.17 bits per heavy atom. The van der Waals surface area contributed by atoms with Gasteiger partial charge in [0.25, 0.3) is 0 Å². The van der Waals surface area contributed by atoms with Crippen LogP contribution in [0, 0.1) is 0 Å². The summed E-state index contributed by atoms with van der Waals surface area (Å²) >= 11 is 0. The smallest absolute Gasteiger partial charge is 0.151 e.